The molecular formula is C10H21K2O2-. The van der Waals surface area contributed by atoms with Gasteiger partial charge in [-0.15, -0.1) is 6.61 Å². The van der Waals surface area contributed by atoms with Gasteiger partial charge in [0.2, 0.25) is 0 Å². The molecule has 0 aromatic rings. The van der Waals surface area contributed by atoms with Crippen molar-refractivity contribution in [1.82, 2.24) is 0 Å². The molecule has 0 rings (SSSR count). The summed E-state index contributed by atoms with van der Waals surface area (Å²) in [6.07, 6.45) is 9.54. The number of unbranched alkanes of at least 4 members (excludes halogenated alkanes) is 7. The summed E-state index contributed by atoms with van der Waals surface area (Å²) >= 11 is 0. The molecule has 0 aromatic carbocycles. The molecule has 0 fully saturated rings. The first-order chi connectivity index (χ1) is 5.41. The van der Waals surface area contributed by atoms with Crippen LogP contribution in [0.3, 0.4) is 0 Å². The van der Waals surface area contributed by atoms with E-state index < -0.39 is 0 Å². The number of hydrogen-bond donors (Lipinski definition) is 0. The summed E-state index contributed by atoms with van der Waals surface area (Å²) in [5.74, 6) is 0. The standard InChI is InChI=1S/C10H20O.2K.H2O/c1-2-3-4-5-6-7-8-9-10-11;;;/h1-10H2;;;1H2/q-2;2*+1;/p-1. The van der Waals surface area contributed by atoms with Crippen molar-refractivity contribution >= 4 is 0 Å². The minimum Gasteiger partial charge on any atom is -0.870 e. The second kappa shape index (κ2) is 25.1. The second-order valence-corrected chi connectivity index (χ2v) is 3.03. The Hall–Kier alpha value is 3.19. The van der Waals surface area contributed by atoms with Gasteiger partial charge in [0, 0.05) is 0 Å². The summed E-state index contributed by atoms with van der Waals surface area (Å²) in [5, 5.41) is 10.1. The van der Waals surface area contributed by atoms with Gasteiger partial charge in [0.25, 0.3) is 0 Å². The first kappa shape index (κ1) is 25.9. The van der Waals surface area contributed by atoms with Crippen molar-refractivity contribution in [3.05, 3.63) is 6.92 Å². The zero-order valence-electron chi connectivity index (χ0n) is 9.93. The van der Waals surface area contributed by atoms with Gasteiger partial charge in [-0.1, -0.05) is 44.9 Å². The van der Waals surface area contributed by atoms with Crippen LogP contribution in [0, 0.1) is 6.92 Å². The van der Waals surface area contributed by atoms with E-state index in [1.807, 2.05) is 0 Å². The molecular weight excluding hydrogens is 230 g/mol. The van der Waals surface area contributed by atoms with Gasteiger partial charge < -0.3 is 17.5 Å². The quantitative estimate of drug-likeness (QED) is 0.252. The molecule has 0 radical (unpaired) electrons. The van der Waals surface area contributed by atoms with Crippen molar-refractivity contribution in [2.45, 2.75) is 51.4 Å². The van der Waals surface area contributed by atoms with E-state index in [0.717, 1.165) is 19.3 Å². The van der Waals surface area contributed by atoms with Crippen molar-refractivity contribution < 1.29 is 113 Å². The average molecular weight is 251 g/mol. The van der Waals surface area contributed by atoms with Crippen LogP contribution in [0.25, 0.3) is 0 Å². The molecule has 0 heterocycles. The third-order valence-electron chi connectivity index (χ3n) is 1.89. The monoisotopic (exact) mass is 251 g/mol. The third-order valence-corrected chi connectivity index (χ3v) is 1.89. The fourth-order valence-corrected chi connectivity index (χ4v) is 1.16. The summed E-state index contributed by atoms with van der Waals surface area (Å²) in [6.45, 7) is 3.90. The summed E-state index contributed by atoms with van der Waals surface area (Å²) in [4.78, 5) is 0. The minimum absolute atomic E-state index is 0. The Labute approximate surface area is 174 Å². The molecule has 0 saturated heterocycles. The van der Waals surface area contributed by atoms with E-state index >= 15 is 0 Å². The second-order valence-electron chi connectivity index (χ2n) is 3.03. The maximum Gasteiger partial charge on any atom is 1.00 e. The van der Waals surface area contributed by atoms with Gasteiger partial charge in [-0.05, 0) is 0 Å². The van der Waals surface area contributed by atoms with Crippen LogP contribution in [0.5, 0.6) is 0 Å². The zero-order chi connectivity index (χ0) is 8.36. The molecule has 0 saturated carbocycles. The molecule has 0 aliphatic rings. The largest absolute Gasteiger partial charge is 1.00 e. The number of hydrogen-bond acceptors (Lipinski definition) is 2. The van der Waals surface area contributed by atoms with E-state index in [2.05, 4.69) is 6.92 Å². The van der Waals surface area contributed by atoms with Crippen LogP contribution < -0.4 is 108 Å². The molecule has 0 spiro atoms. The van der Waals surface area contributed by atoms with Crippen LogP contribution in [-0.2, 0) is 0 Å². The molecule has 0 aliphatic carbocycles. The molecule has 76 valence electrons. The molecule has 0 unspecified atom stereocenters. The first-order valence-electron chi connectivity index (χ1n) is 4.79. The van der Waals surface area contributed by atoms with Crippen molar-refractivity contribution in [1.29, 1.82) is 0 Å². The Balaban J connectivity index is -0.000000167. The van der Waals surface area contributed by atoms with E-state index in [4.69, 9.17) is 0 Å². The zero-order valence-corrected chi connectivity index (χ0v) is 16.2. The third kappa shape index (κ3) is 24.4. The summed E-state index contributed by atoms with van der Waals surface area (Å²) < 4.78 is 0. The Morgan fingerprint density at radius 1 is 0.714 bits per heavy atom. The van der Waals surface area contributed by atoms with Crippen molar-refractivity contribution in [2.75, 3.05) is 6.61 Å². The molecule has 1 N–H and O–H groups in total. The van der Waals surface area contributed by atoms with Gasteiger partial charge in [0.1, 0.15) is 0 Å². The van der Waals surface area contributed by atoms with E-state index in [-0.39, 0.29) is 115 Å². The molecule has 0 bridgehead atoms. The van der Waals surface area contributed by atoms with Gasteiger partial charge in [-0.3, -0.25) is 0 Å². The van der Waals surface area contributed by atoms with Crippen LogP contribution in [0.15, 0.2) is 0 Å². The van der Waals surface area contributed by atoms with Gasteiger partial charge in [0.15, 0.2) is 0 Å². The van der Waals surface area contributed by atoms with Crippen molar-refractivity contribution in [2.24, 2.45) is 0 Å². The average Bonchev–Trinajstić information content (AvgIpc) is 2.03. The van der Waals surface area contributed by atoms with Crippen LogP contribution in [-0.4, -0.2) is 12.1 Å². The van der Waals surface area contributed by atoms with Gasteiger partial charge >= 0.3 is 103 Å². The maximum absolute atomic E-state index is 10.1. The normalized spacial score (nSPS) is 8.14. The van der Waals surface area contributed by atoms with Gasteiger partial charge in [-0.2, -0.15) is 6.42 Å². The SMILES string of the molecule is [CH2-]CCCCCCCCC[O-].[K+].[K+].[OH-]. The fourth-order valence-electron chi connectivity index (χ4n) is 1.16. The van der Waals surface area contributed by atoms with Crippen LogP contribution in [0.1, 0.15) is 51.4 Å². The molecule has 4 heteroatoms. The maximum atomic E-state index is 10.1. The van der Waals surface area contributed by atoms with E-state index in [0.29, 0.717) is 0 Å². The smallest absolute Gasteiger partial charge is 0.870 e. The molecule has 0 aromatic heterocycles. The Morgan fingerprint density at radius 2 is 1.07 bits per heavy atom. The van der Waals surface area contributed by atoms with E-state index in [1.165, 1.54) is 32.1 Å². The molecule has 2 nitrogen and oxygen atoms in total. The summed E-state index contributed by atoms with van der Waals surface area (Å²) in [5.41, 5.74) is 0. The molecule has 14 heavy (non-hydrogen) atoms. The summed E-state index contributed by atoms with van der Waals surface area (Å²) in [7, 11) is 0. The minimum atomic E-state index is 0. The predicted octanol–water partition coefficient (Wildman–Crippen LogP) is -3.87. The first-order valence-corrected chi connectivity index (χ1v) is 4.79. The fraction of sp³-hybridized carbons (Fsp3) is 0.900. The predicted molar refractivity (Wildman–Crippen MR) is 49.1 cm³/mol. The Morgan fingerprint density at radius 3 is 1.43 bits per heavy atom. The van der Waals surface area contributed by atoms with Gasteiger partial charge in [-0.25, -0.2) is 0 Å². The van der Waals surface area contributed by atoms with E-state index in [1.54, 1.807) is 0 Å². The van der Waals surface area contributed by atoms with Crippen LogP contribution in [0.2, 0.25) is 0 Å². The van der Waals surface area contributed by atoms with Gasteiger partial charge in [0.05, 0.1) is 0 Å². The van der Waals surface area contributed by atoms with Crippen molar-refractivity contribution in [3.63, 3.8) is 0 Å². The molecule has 0 aliphatic heterocycles. The molecule has 0 atom stereocenters. The number of rotatable bonds is 8. The summed E-state index contributed by atoms with van der Waals surface area (Å²) in [6, 6.07) is 0. The Kier molecular flexibility index (Phi) is 46.5. The van der Waals surface area contributed by atoms with E-state index in [9.17, 15) is 5.11 Å². The molecule has 0 amide bonds. The topological polar surface area (TPSA) is 53.1 Å². The van der Waals surface area contributed by atoms with Crippen LogP contribution in [0.4, 0.5) is 0 Å². The Bertz CT molecular complexity index is 65.1. The van der Waals surface area contributed by atoms with Crippen LogP contribution >= 0.6 is 0 Å². The van der Waals surface area contributed by atoms with Crippen molar-refractivity contribution in [3.8, 4) is 0 Å².